The molecule has 0 aliphatic carbocycles. The molecule has 0 saturated carbocycles. The number of benzene rings is 2. The maximum atomic E-state index is 12.0. The van der Waals surface area contributed by atoms with Crippen LogP contribution in [-0.4, -0.2) is 16.5 Å². The van der Waals surface area contributed by atoms with Gasteiger partial charge in [0.1, 0.15) is 5.56 Å². The van der Waals surface area contributed by atoms with E-state index in [0.29, 0.717) is 11.4 Å². The summed E-state index contributed by atoms with van der Waals surface area (Å²) in [6, 6.07) is 12.7. The first kappa shape index (κ1) is 15.2. The number of para-hydroxylation sites is 1. The fourth-order valence-electron chi connectivity index (χ4n) is 1.85. The van der Waals surface area contributed by atoms with Crippen molar-refractivity contribution in [3.8, 4) is 0 Å². The van der Waals surface area contributed by atoms with Gasteiger partial charge in [0.15, 0.2) is 0 Å². The van der Waals surface area contributed by atoms with Crippen molar-refractivity contribution in [3.63, 3.8) is 0 Å². The Labute approximate surface area is 126 Å². The van der Waals surface area contributed by atoms with Gasteiger partial charge in [0, 0.05) is 11.8 Å². The molecule has 0 aliphatic heterocycles. The number of anilines is 1. The highest BCUT2D eigenvalue weighted by Gasteiger charge is 2.18. The van der Waals surface area contributed by atoms with E-state index in [1.807, 2.05) is 0 Å². The van der Waals surface area contributed by atoms with Crippen LogP contribution in [-0.2, 0) is 0 Å². The van der Waals surface area contributed by atoms with Gasteiger partial charge >= 0.3 is 0 Å². The largest absolute Gasteiger partial charge is 0.399 e. The molecule has 0 atom stereocenters. The van der Waals surface area contributed by atoms with Crippen LogP contribution in [0.25, 0.3) is 0 Å². The number of hydrazone groups is 1. The Hall–Kier alpha value is -3.22. The summed E-state index contributed by atoms with van der Waals surface area (Å²) in [5.41, 5.74) is 9.56. The predicted molar refractivity (Wildman–Crippen MR) is 83.6 cm³/mol. The molecular formula is C15H14N4O3. The molecule has 0 unspecified atom stereocenters. The summed E-state index contributed by atoms with van der Waals surface area (Å²) in [7, 11) is 0. The molecule has 1 amide bonds. The number of nitro benzene ring substituents is 1. The number of nitrogens with two attached hydrogens (primary N) is 1. The summed E-state index contributed by atoms with van der Waals surface area (Å²) in [6.07, 6.45) is 0. The van der Waals surface area contributed by atoms with Gasteiger partial charge in [-0.1, -0.05) is 24.3 Å². The topological polar surface area (TPSA) is 111 Å². The first-order valence-corrected chi connectivity index (χ1v) is 6.43. The second-order valence-corrected chi connectivity index (χ2v) is 4.54. The number of nitrogens with one attached hydrogen (secondary N) is 1. The molecule has 0 heterocycles. The lowest BCUT2D eigenvalue weighted by Gasteiger charge is -2.04. The van der Waals surface area contributed by atoms with E-state index in [2.05, 4.69) is 10.5 Å². The Morgan fingerprint density at radius 1 is 1.23 bits per heavy atom. The van der Waals surface area contributed by atoms with Crippen LogP contribution in [0.2, 0.25) is 0 Å². The Bertz CT molecular complexity index is 756. The van der Waals surface area contributed by atoms with Gasteiger partial charge in [-0.2, -0.15) is 5.10 Å². The molecule has 0 saturated heterocycles. The number of nitrogen functional groups attached to an aromatic ring is 1. The molecular weight excluding hydrogens is 284 g/mol. The fraction of sp³-hybridized carbons (Fsp3) is 0.0667. The molecule has 0 aromatic heterocycles. The van der Waals surface area contributed by atoms with Crippen molar-refractivity contribution in [3.05, 3.63) is 69.8 Å². The molecule has 0 aliphatic rings. The van der Waals surface area contributed by atoms with E-state index in [0.717, 1.165) is 5.56 Å². The molecule has 2 rings (SSSR count). The maximum Gasteiger partial charge on any atom is 0.282 e. The van der Waals surface area contributed by atoms with Crippen LogP contribution in [0.3, 0.4) is 0 Å². The predicted octanol–water partition coefficient (Wildman–Crippen LogP) is 2.33. The zero-order valence-electron chi connectivity index (χ0n) is 11.8. The van der Waals surface area contributed by atoms with Crippen LogP contribution in [0.15, 0.2) is 53.6 Å². The number of hydrogen-bond acceptors (Lipinski definition) is 5. The average Bonchev–Trinajstić information content (AvgIpc) is 2.52. The van der Waals surface area contributed by atoms with Gasteiger partial charge in [0.2, 0.25) is 0 Å². The van der Waals surface area contributed by atoms with Gasteiger partial charge in [-0.05, 0) is 30.7 Å². The summed E-state index contributed by atoms with van der Waals surface area (Å²) in [4.78, 5) is 22.3. The second-order valence-electron chi connectivity index (χ2n) is 4.54. The van der Waals surface area contributed by atoms with Gasteiger partial charge in [-0.25, -0.2) is 5.43 Å². The lowest BCUT2D eigenvalue weighted by molar-refractivity contribution is -0.385. The molecule has 0 spiro atoms. The van der Waals surface area contributed by atoms with Crippen molar-refractivity contribution in [1.82, 2.24) is 5.43 Å². The Morgan fingerprint density at radius 2 is 1.95 bits per heavy atom. The highest BCUT2D eigenvalue weighted by Crippen LogP contribution is 2.17. The van der Waals surface area contributed by atoms with Crippen LogP contribution in [0.5, 0.6) is 0 Å². The summed E-state index contributed by atoms with van der Waals surface area (Å²) < 4.78 is 0. The Balaban J connectivity index is 2.19. The highest BCUT2D eigenvalue weighted by atomic mass is 16.6. The van der Waals surface area contributed by atoms with Crippen molar-refractivity contribution in [2.24, 2.45) is 5.10 Å². The monoisotopic (exact) mass is 298 g/mol. The SMILES string of the molecule is C/C(=N/NC(=O)c1ccccc1[N+](=O)[O-])c1cccc(N)c1. The molecule has 22 heavy (non-hydrogen) atoms. The van der Waals surface area contributed by atoms with Gasteiger partial charge in [-0.3, -0.25) is 14.9 Å². The number of hydrogen-bond donors (Lipinski definition) is 2. The fourth-order valence-corrected chi connectivity index (χ4v) is 1.85. The number of carbonyl (C=O) groups is 1. The number of amides is 1. The second kappa shape index (κ2) is 6.49. The first-order chi connectivity index (χ1) is 10.5. The Kier molecular flexibility index (Phi) is 4.47. The van der Waals surface area contributed by atoms with Crippen LogP contribution >= 0.6 is 0 Å². The van der Waals surface area contributed by atoms with Crippen molar-refractivity contribution in [2.45, 2.75) is 6.92 Å². The number of rotatable bonds is 4. The molecule has 3 N–H and O–H groups in total. The van der Waals surface area contributed by atoms with E-state index in [1.165, 1.54) is 18.2 Å². The van der Waals surface area contributed by atoms with Gasteiger partial charge < -0.3 is 5.73 Å². The van der Waals surface area contributed by atoms with E-state index in [4.69, 9.17) is 5.73 Å². The smallest absolute Gasteiger partial charge is 0.282 e. The van der Waals surface area contributed by atoms with Crippen molar-refractivity contribution in [1.29, 1.82) is 0 Å². The van der Waals surface area contributed by atoms with Crippen LogP contribution < -0.4 is 11.2 Å². The Morgan fingerprint density at radius 3 is 2.64 bits per heavy atom. The van der Waals surface area contributed by atoms with E-state index in [1.54, 1.807) is 37.3 Å². The normalized spacial score (nSPS) is 11.0. The van der Waals surface area contributed by atoms with Gasteiger partial charge in [0.25, 0.3) is 11.6 Å². The molecule has 7 heteroatoms. The van der Waals surface area contributed by atoms with Crippen molar-refractivity contribution >= 4 is 23.0 Å². The minimum absolute atomic E-state index is 0.0448. The van der Waals surface area contributed by atoms with Crippen LogP contribution in [0.1, 0.15) is 22.8 Å². The lowest BCUT2D eigenvalue weighted by Crippen LogP contribution is -2.20. The molecule has 2 aromatic rings. The number of nitrogens with zero attached hydrogens (tertiary/aromatic N) is 2. The summed E-state index contributed by atoms with van der Waals surface area (Å²) >= 11 is 0. The third-order valence-electron chi connectivity index (χ3n) is 2.97. The van der Waals surface area contributed by atoms with E-state index >= 15 is 0 Å². The average molecular weight is 298 g/mol. The molecule has 7 nitrogen and oxygen atoms in total. The quantitative estimate of drug-likeness (QED) is 0.390. The zero-order chi connectivity index (χ0) is 16.1. The number of carbonyl (C=O) groups excluding carboxylic acids is 1. The highest BCUT2D eigenvalue weighted by molar-refractivity contribution is 6.02. The molecule has 112 valence electrons. The third kappa shape index (κ3) is 3.45. The van der Waals surface area contributed by atoms with Gasteiger partial charge in [0.05, 0.1) is 10.6 Å². The summed E-state index contributed by atoms with van der Waals surface area (Å²) in [5.74, 6) is -0.643. The third-order valence-corrected chi connectivity index (χ3v) is 2.97. The van der Waals surface area contributed by atoms with Crippen LogP contribution in [0, 0.1) is 10.1 Å². The molecule has 2 aromatic carbocycles. The summed E-state index contributed by atoms with van der Waals surface area (Å²) in [5, 5.41) is 14.9. The molecule has 0 radical (unpaired) electrons. The van der Waals surface area contributed by atoms with Crippen molar-refractivity contribution in [2.75, 3.05) is 5.73 Å². The van der Waals surface area contributed by atoms with E-state index in [-0.39, 0.29) is 11.3 Å². The lowest BCUT2D eigenvalue weighted by atomic mass is 10.1. The standard InChI is InChI=1S/C15H14N4O3/c1-10(11-5-4-6-12(16)9-11)17-18-15(20)13-7-2-3-8-14(13)19(21)22/h2-9H,16H2,1H3,(H,18,20)/b17-10-. The van der Waals surface area contributed by atoms with E-state index < -0.39 is 10.8 Å². The molecule has 0 bridgehead atoms. The minimum Gasteiger partial charge on any atom is -0.399 e. The molecule has 0 fully saturated rings. The summed E-state index contributed by atoms with van der Waals surface area (Å²) in [6.45, 7) is 1.70. The van der Waals surface area contributed by atoms with E-state index in [9.17, 15) is 14.9 Å². The maximum absolute atomic E-state index is 12.0. The first-order valence-electron chi connectivity index (χ1n) is 6.43. The van der Waals surface area contributed by atoms with Gasteiger partial charge in [-0.15, -0.1) is 0 Å². The van der Waals surface area contributed by atoms with Crippen molar-refractivity contribution < 1.29 is 9.72 Å². The zero-order valence-corrected chi connectivity index (χ0v) is 11.8. The number of nitro groups is 1. The van der Waals surface area contributed by atoms with Crippen LogP contribution in [0.4, 0.5) is 11.4 Å². The minimum atomic E-state index is -0.643.